The first-order valence-corrected chi connectivity index (χ1v) is 6.76. The van der Waals surface area contributed by atoms with Crippen LogP contribution in [-0.4, -0.2) is 36.9 Å². The Balaban J connectivity index is 2.66. The zero-order valence-electron chi connectivity index (χ0n) is 11.3. The number of carbonyl (C=O) groups is 2. The third kappa shape index (κ3) is 3.86. The number of likely N-dealkylation sites (tertiary alicyclic amines) is 1. The number of rotatable bonds is 7. The van der Waals surface area contributed by atoms with E-state index < -0.39 is 0 Å². The standard InChI is InChI=1S/C14H24N2O2/c1-3-6-14(8-9-15-12-17)7-5-10-16(11-14)13(18)4-2/h4,12H,2-3,5-11H2,1H3,(H,15,17). The van der Waals surface area contributed by atoms with Crippen LogP contribution in [0.3, 0.4) is 0 Å². The molecule has 0 spiro atoms. The van der Waals surface area contributed by atoms with E-state index in [0.29, 0.717) is 6.54 Å². The molecule has 0 aromatic heterocycles. The minimum absolute atomic E-state index is 0.0264. The van der Waals surface area contributed by atoms with Gasteiger partial charge in [-0.3, -0.25) is 9.59 Å². The average molecular weight is 252 g/mol. The zero-order chi connectivity index (χ0) is 13.4. The third-order valence-corrected chi connectivity index (χ3v) is 3.81. The molecule has 4 nitrogen and oxygen atoms in total. The summed E-state index contributed by atoms with van der Waals surface area (Å²) in [4.78, 5) is 24.0. The van der Waals surface area contributed by atoms with Crippen molar-refractivity contribution in [3.05, 3.63) is 12.7 Å². The topological polar surface area (TPSA) is 49.4 Å². The summed E-state index contributed by atoms with van der Waals surface area (Å²) in [7, 11) is 0. The van der Waals surface area contributed by atoms with Gasteiger partial charge in [-0.2, -0.15) is 0 Å². The van der Waals surface area contributed by atoms with E-state index in [-0.39, 0.29) is 11.3 Å². The van der Waals surface area contributed by atoms with Crippen LogP contribution in [-0.2, 0) is 9.59 Å². The van der Waals surface area contributed by atoms with Crippen molar-refractivity contribution in [2.24, 2.45) is 5.41 Å². The second-order valence-corrected chi connectivity index (χ2v) is 5.14. The monoisotopic (exact) mass is 252 g/mol. The van der Waals surface area contributed by atoms with E-state index in [9.17, 15) is 9.59 Å². The van der Waals surface area contributed by atoms with E-state index in [0.717, 1.165) is 51.6 Å². The third-order valence-electron chi connectivity index (χ3n) is 3.81. The molecule has 0 bridgehead atoms. The number of piperidine rings is 1. The van der Waals surface area contributed by atoms with Crippen LogP contribution in [0.4, 0.5) is 0 Å². The highest BCUT2D eigenvalue weighted by molar-refractivity contribution is 5.87. The van der Waals surface area contributed by atoms with E-state index in [1.165, 1.54) is 6.08 Å². The van der Waals surface area contributed by atoms with Gasteiger partial charge in [0.1, 0.15) is 0 Å². The van der Waals surface area contributed by atoms with Gasteiger partial charge in [0.05, 0.1) is 0 Å². The summed E-state index contributed by atoms with van der Waals surface area (Å²) in [6.07, 6.45) is 7.48. The maximum Gasteiger partial charge on any atom is 0.245 e. The second-order valence-electron chi connectivity index (χ2n) is 5.14. The van der Waals surface area contributed by atoms with Crippen molar-refractivity contribution >= 4 is 12.3 Å². The van der Waals surface area contributed by atoms with Crippen LogP contribution >= 0.6 is 0 Å². The van der Waals surface area contributed by atoms with Crippen molar-refractivity contribution < 1.29 is 9.59 Å². The average Bonchev–Trinajstić information content (AvgIpc) is 2.39. The molecule has 0 saturated carbocycles. The summed E-state index contributed by atoms with van der Waals surface area (Å²) >= 11 is 0. The van der Waals surface area contributed by atoms with Crippen LogP contribution in [0, 0.1) is 5.41 Å². The summed E-state index contributed by atoms with van der Waals surface area (Å²) < 4.78 is 0. The zero-order valence-corrected chi connectivity index (χ0v) is 11.3. The lowest BCUT2D eigenvalue weighted by molar-refractivity contribution is -0.129. The van der Waals surface area contributed by atoms with Gasteiger partial charge >= 0.3 is 0 Å². The number of carbonyl (C=O) groups excluding carboxylic acids is 2. The lowest BCUT2D eigenvalue weighted by Gasteiger charge is -2.43. The van der Waals surface area contributed by atoms with Crippen molar-refractivity contribution in [1.29, 1.82) is 0 Å². The van der Waals surface area contributed by atoms with E-state index in [4.69, 9.17) is 0 Å². The van der Waals surface area contributed by atoms with E-state index >= 15 is 0 Å². The number of hydrogen-bond donors (Lipinski definition) is 1. The molecule has 1 fully saturated rings. The molecule has 0 aliphatic carbocycles. The molecule has 1 saturated heterocycles. The maximum absolute atomic E-state index is 11.7. The predicted octanol–water partition coefficient (Wildman–Crippen LogP) is 1.72. The Morgan fingerprint density at radius 2 is 2.28 bits per heavy atom. The van der Waals surface area contributed by atoms with E-state index in [1.807, 2.05) is 4.90 Å². The van der Waals surface area contributed by atoms with Crippen molar-refractivity contribution in [1.82, 2.24) is 10.2 Å². The molecule has 0 aromatic carbocycles. The Labute approximate surface area is 109 Å². The molecular weight excluding hydrogens is 228 g/mol. The van der Waals surface area contributed by atoms with Crippen LogP contribution in [0.15, 0.2) is 12.7 Å². The largest absolute Gasteiger partial charge is 0.359 e. The van der Waals surface area contributed by atoms with Crippen molar-refractivity contribution in [3.8, 4) is 0 Å². The normalized spacial score (nSPS) is 23.5. The highest BCUT2D eigenvalue weighted by Crippen LogP contribution is 2.37. The molecule has 1 atom stereocenters. The number of nitrogens with zero attached hydrogens (tertiary/aromatic N) is 1. The Morgan fingerprint density at radius 1 is 1.50 bits per heavy atom. The Hall–Kier alpha value is -1.32. The lowest BCUT2D eigenvalue weighted by atomic mass is 9.73. The van der Waals surface area contributed by atoms with Crippen molar-refractivity contribution in [2.75, 3.05) is 19.6 Å². The maximum atomic E-state index is 11.7. The Kier molecular flexibility index (Phi) is 5.89. The predicted molar refractivity (Wildman–Crippen MR) is 72.0 cm³/mol. The minimum atomic E-state index is 0.0264. The van der Waals surface area contributed by atoms with E-state index in [1.54, 1.807) is 0 Å². The molecule has 2 amide bonds. The van der Waals surface area contributed by atoms with Gasteiger partial charge in [-0.05, 0) is 37.2 Å². The van der Waals surface area contributed by atoms with Crippen LogP contribution in [0.25, 0.3) is 0 Å². The summed E-state index contributed by atoms with van der Waals surface area (Å²) in [5, 5.41) is 2.73. The number of hydrogen-bond acceptors (Lipinski definition) is 2. The molecule has 1 heterocycles. The Bertz CT molecular complexity index is 300. The van der Waals surface area contributed by atoms with Gasteiger partial charge in [0, 0.05) is 19.6 Å². The SMILES string of the molecule is C=CC(=O)N1CCCC(CCC)(CCNC=O)C1. The first-order valence-electron chi connectivity index (χ1n) is 6.76. The summed E-state index contributed by atoms with van der Waals surface area (Å²) in [6.45, 7) is 8.05. The number of amides is 2. The Morgan fingerprint density at radius 3 is 2.89 bits per heavy atom. The summed E-state index contributed by atoms with van der Waals surface area (Å²) in [6, 6.07) is 0. The quantitative estimate of drug-likeness (QED) is 0.426. The minimum Gasteiger partial charge on any atom is -0.359 e. The van der Waals surface area contributed by atoms with Crippen LogP contribution in [0.5, 0.6) is 0 Å². The highest BCUT2D eigenvalue weighted by Gasteiger charge is 2.35. The second kappa shape index (κ2) is 7.19. The van der Waals surface area contributed by atoms with Crippen LogP contribution in [0.2, 0.25) is 0 Å². The van der Waals surface area contributed by atoms with Gasteiger partial charge in [-0.15, -0.1) is 0 Å². The summed E-state index contributed by atoms with van der Waals surface area (Å²) in [5.74, 6) is 0.0264. The molecule has 18 heavy (non-hydrogen) atoms. The smallest absolute Gasteiger partial charge is 0.245 e. The highest BCUT2D eigenvalue weighted by atomic mass is 16.2. The molecule has 102 valence electrons. The van der Waals surface area contributed by atoms with Crippen LogP contribution in [0.1, 0.15) is 39.0 Å². The van der Waals surface area contributed by atoms with Gasteiger partial charge in [-0.1, -0.05) is 19.9 Å². The molecule has 4 heteroatoms. The molecule has 1 aliphatic rings. The molecular formula is C14H24N2O2. The fraction of sp³-hybridized carbons (Fsp3) is 0.714. The fourth-order valence-corrected chi connectivity index (χ4v) is 2.98. The van der Waals surface area contributed by atoms with Gasteiger partial charge in [0.15, 0.2) is 0 Å². The first kappa shape index (κ1) is 14.7. The van der Waals surface area contributed by atoms with Gasteiger partial charge in [-0.25, -0.2) is 0 Å². The fourth-order valence-electron chi connectivity index (χ4n) is 2.98. The van der Waals surface area contributed by atoms with Gasteiger partial charge < -0.3 is 10.2 Å². The number of nitrogens with one attached hydrogen (secondary N) is 1. The van der Waals surface area contributed by atoms with Gasteiger partial charge in [0.25, 0.3) is 0 Å². The molecule has 1 aliphatic heterocycles. The lowest BCUT2D eigenvalue weighted by Crippen LogP contribution is -2.46. The molecule has 1 unspecified atom stereocenters. The molecule has 1 rings (SSSR count). The molecule has 0 radical (unpaired) electrons. The first-order chi connectivity index (χ1) is 8.67. The van der Waals surface area contributed by atoms with Gasteiger partial charge in [0.2, 0.25) is 12.3 Å². The van der Waals surface area contributed by atoms with Crippen LogP contribution < -0.4 is 5.32 Å². The summed E-state index contributed by atoms with van der Waals surface area (Å²) in [5.41, 5.74) is 0.168. The molecule has 1 N–H and O–H groups in total. The van der Waals surface area contributed by atoms with E-state index in [2.05, 4.69) is 18.8 Å². The van der Waals surface area contributed by atoms with Crippen molar-refractivity contribution in [2.45, 2.75) is 39.0 Å². The van der Waals surface area contributed by atoms with Crippen molar-refractivity contribution in [3.63, 3.8) is 0 Å². The molecule has 0 aromatic rings.